The molecule has 0 radical (unpaired) electrons. The third-order valence-electron chi connectivity index (χ3n) is 2.73. The lowest BCUT2D eigenvalue weighted by Crippen LogP contribution is -2.31. The molecule has 0 aromatic heterocycles. The Labute approximate surface area is 128 Å². The number of nitrogens with zero attached hydrogens (tertiary/aromatic N) is 1. The van der Waals surface area contributed by atoms with Gasteiger partial charge in [-0.1, -0.05) is 11.6 Å². The standard InChI is InChI=1S/C11H15ClFNO5S2/c1-14(3-4-20(2,16)17)21(18,19)9-5-8(7-15)11(12)10(13)6-9/h5-6,15H,3-4,7H2,1-2H3. The molecule has 0 atom stereocenters. The molecule has 120 valence electrons. The molecule has 6 nitrogen and oxygen atoms in total. The molecular weight excluding hydrogens is 345 g/mol. The molecule has 1 aromatic carbocycles. The Balaban J connectivity index is 3.16. The number of aliphatic hydroxyl groups is 1. The van der Waals surface area contributed by atoms with Gasteiger partial charge in [0.25, 0.3) is 0 Å². The topological polar surface area (TPSA) is 91.8 Å². The van der Waals surface area contributed by atoms with Gasteiger partial charge < -0.3 is 5.11 Å². The molecule has 21 heavy (non-hydrogen) atoms. The van der Waals surface area contributed by atoms with E-state index in [-0.39, 0.29) is 22.9 Å². The first-order chi connectivity index (χ1) is 9.49. The maximum Gasteiger partial charge on any atom is 0.242 e. The van der Waals surface area contributed by atoms with Crippen LogP contribution in [0.25, 0.3) is 0 Å². The molecule has 0 fully saturated rings. The van der Waals surface area contributed by atoms with E-state index in [2.05, 4.69) is 0 Å². The quantitative estimate of drug-likeness (QED) is 0.804. The highest BCUT2D eigenvalue weighted by Crippen LogP contribution is 2.25. The minimum absolute atomic E-state index is 0.0632. The number of rotatable bonds is 6. The van der Waals surface area contributed by atoms with Crippen LogP contribution in [0.2, 0.25) is 5.02 Å². The Hall–Kier alpha value is -0.740. The number of sulfone groups is 1. The molecule has 0 saturated carbocycles. The fourth-order valence-corrected chi connectivity index (χ4v) is 3.60. The predicted octanol–water partition coefficient (Wildman–Crippen LogP) is 0.637. The van der Waals surface area contributed by atoms with Gasteiger partial charge in [-0.2, -0.15) is 4.31 Å². The Morgan fingerprint density at radius 1 is 1.29 bits per heavy atom. The van der Waals surface area contributed by atoms with Crippen LogP contribution in [-0.4, -0.2) is 51.8 Å². The maximum atomic E-state index is 13.6. The molecule has 0 aliphatic carbocycles. The Morgan fingerprint density at radius 3 is 2.33 bits per heavy atom. The zero-order chi connectivity index (χ0) is 16.4. The summed E-state index contributed by atoms with van der Waals surface area (Å²) in [6.07, 6.45) is 0.985. The van der Waals surface area contributed by atoms with Gasteiger partial charge in [-0.25, -0.2) is 21.2 Å². The molecule has 0 amide bonds. The molecular formula is C11H15ClFNO5S2. The van der Waals surface area contributed by atoms with Gasteiger partial charge in [0.2, 0.25) is 10.0 Å². The number of hydrogen-bond acceptors (Lipinski definition) is 5. The van der Waals surface area contributed by atoms with E-state index in [1.165, 1.54) is 7.05 Å². The lowest BCUT2D eigenvalue weighted by Gasteiger charge is -2.17. The molecule has 0 heterocycles. The smallest absolute Gasteiger partial charge is 0.242 e. The molecule has 0 saturated heterocycles. The van der Waals surface area contributed by atoms with Crippen molar-refractivity contribution >= 4 is 31.5 Å². The van der Waals surface area contributed by atoms with Crippen LogP contribution in [-0.2, 0) is 26.5 Å². The molecule has 0 spiro atoms. The van der Waals surface area contributed by atoms with Crippen molar-refractivity contribution in [1.29, 1.82) is 0 Å². The van der Waals surface area contributed by atoms with Gasteiger partial charge in [0.1, 0.15) is 15.7 Å². The Morgan fingerprint density at radius 2 is 1.86 bits per heavy atom. The van der Waals surface area contributed by atoms with Gasteiger partial charge >= 0.3 is 0 Å². The van der Waals surface area contributed by atoms with E-state index in [0.717, 1.165) is 22.7 Å². The lowest BCUT2D eigenvalue weighted by atomic mass is 10.2. The first kappa shape index (κ1) is 18.3. The summed E-state index contributed by atoms with van der Waals surface area (Å²) in [5, 5.41) is 8.69. The SMILES string of the molecule is CN(CCS(C)(=O)=O)S(=O)(=O)c1cc(F)c(Cl)c(CO)c1. The van der Waals surface area contributed by atoms with Gasteiger partial charge in [0.05, 0.1) is 22.3 Å². The van der Waals surface area contributed by atoms with Crippen molar-refractivity contribution in [2.24, 2.45) is 0 Å². The average molecular weight is 360 g/mol. The van der Waals surface area contributed by atoms with E-state index < -0.39 is 37.2 Å². The fourth-order valence-electron chi connectivity index (χ4n) is 1.48. The van der Waals surface area contributed by atoms with Crippen molar-refractivity contribution in [2.75, 3.05) is 25.6 Å². The summed E-state index contributed by atoms with van der Waals surface area (Å²) >= 11 is 5.59. The highest BCUT2D eigenvalue weighted by Gasteiger charge is 2.24. The summed E-state index contributed by atoms with van der Waals surface area (Å²) in [6, 6.07) is 1.78. The number of sulfonamides is 1. The van der Waals surface area contributed by atoms with Gasteiger partial charge in [0, 0.05) is 25.4 Å². The van der Waals surface area contributed by atoms with E-state index in [0.29, 0.717) is 0 Å². The van der Waals surface area contributed by atoms with Crippen LogP contribution < -0.4 is 0 Å². The van der Waals surface area contributed by atoms with E-state index in [1.54, 1.807) is 0 Å². The minimum Gasteiger partial charge on any atom is -0.392 e. The van der Waals surface area contributed by atoms with Crippen LogP contribution in [0.4, 0.5) is 4.39 Å². The molecule has 0 unspecified atom stereocenters. The van der Waals surface area contributed by atoms with E-state index in [4.69, 9.17) is 16.7 Å². The zero-order valence-electron chi connectivity index (χ0n) is 11.4. The van der Waals surface area contributed by atoms with Crippen LogP contribution in [0.1, 0.15) is 5.56 Å². The summed E-state index contributed by atoms with van der Waals surface area (Å²) in [4.78, 5) is -0.399. The zero-order valence-corrected chi connectivity index (χ0v) is 13.8. The molecule has 1 aromatic rings. The van der Waals surface area contributed by atoms with Crippen molar-refractivity contribution in [2.45, 2.75) is 11.5 Å². The number of benzene rings is 1. The molecule has 0 aliphatic heterocycles. The van der Waals surface area contributed by atoms with E-state index in [1.807, 2.05) is 0 Å². The van der Waals surface area contributed by atoms with Gasteiger partial charge in [-0.05, 0) is 12.1 Å². The third-order valence-corrected chi connectivity index (χ3v) is 5.91. The lowest BCUT2D eigenvalue weighted by molar-refractivity contribution is 0.281. The second-order valence-electron chi connectivity index (χ2n) is 4.49. The predicted molar refractivity (Wildman–Crippen MR) is 76.9 cm³/mol. The second kappa shape index (κ2) is 6.57. The van der Waals surface area contributed by atoms with Crippen LogP contribution in [0.3, 0.4) is 0 Å². The Bertz CT molecular complexity index is 733. The van der Waals surface area contributed by atoms with Crippen molar-refractivity contribution < 1.29 is 26.3 Å². The molecule has 0 aliphatic rings. The highest BCUT2D eigenvalue weighted by atomic mass is 35.5. The average Bonchev–Trinajstić information content (AvgIpc) is 2.37. The maximum absolute atomic E-state index is 13.6. The molecule has 0 bridgehead atoms. The van der Waals surface area contributed by atoms with Crippen LogP contribution in [0.15, 0.2) is 17.0 Å². The Kier molecular flexibility index (Phi) is 5.73. The molecule has 1 N–H and O–H groups in total. The third kappa shape index (κ3) is 4.62. The van der Waals surface area contributed by atoms with Crippen molar-refractivity contribution in [3.05, 3.63) is 28.5 Å². The minimum atomic E-state index is -4.07. The first-order valence-corrected chi connectivity index (χ1v) is 9.59. The fraction of sp³-hybridized carbons (Fsp3) is 0.455. The summed E-state index contributed by atoms with van der Waals surface area (Å²) in [5.74, 6) is -1.33. The summed E-state index contributed by atoms with van der Waals surface area (Å²) in [7, 11) is -6.22. The monoisotopic (exact) mass is 359 g/mol. The van der Waals surface area contributed by atoms with Gasteiger partial charge in [0.15, 0.2) is 0 Å². The number of aliphatic hydroxyl groups excluding tert-OH is 1. The summed E-state index contributed by atoms with van der Waals surface area (Å²) < 4.78 is 61.0. The second-order valence-corrected chi connectivity index (χ2v) is 9.18. The highest BCUT2D eigenvalue weighted by molar-refractivity contribution is 7.91. The normalized spacial score (nSPS) is 12.9. The molecule has 10 heteroatoms. The summed E-state index contributed by atoms with van der Waals surface area (Å²) in [6.45, 7) is -0.883. The number of hydrogen-bond donors (Lipinski definition) is 1. The molecule has 1 rings (SSSR count). The van der Waals surface area contributed by atoms with Crippen LogP contribution >= 0.6 is 11.6 Å². The van der Waals surface area contributed by atoms with Crippen molar-refractivity contribution in [3.8, 4) is 0 Å². The summed E-state index contributed by atoms with van der Waals surface area (Å²) in [5.41, 5.74) is -0.0632. The largest absolute Gasteiger partial charge is 0.392 e. The first-order valence-electron chi connectivity index (χ1n) is 5.72. The van der Waals surface area contributed by atoms with Crippen molar-refractivity contribution in [3.63, 3.8) is 0 Å². The van der Waals surface area contributed by atoms with Crippen LogP contribution in [0.5, 0.6) is 0 Å². The van der Waals surface area contributed by atoms with Gasteiger partial charge in [-0.15, -0.1) is 0 Å². The van der Waals surface area contributed by atoms with E-state index in [9.17, 15) is 21.2 Å². The van der Waals surface area contributed by atoms with Crippen LogP contribution in [0, 0.1) is 5.82 Å². The van der Waals surface area contributed by atoms with E-state index >= 15 is 0 Å². The van der Waals surface area contributed by atoms with Gasteiger partial charge in [-0.3, -0.25) is 0 Å². The van der Waals surface area contributed by atoms with Crippen molar-refractivity contribution in [1.82, 2.24) is 4.31 Å². The number of halogens is 2.